The molecule has 1 aromatic heterocycles. The molecule has 110 valence electrons. The maximum Gasteiger partial charge on any atom is 0.312 e. The Bertz CT molecular complexity index is 541. The van der Waals surface area contributed by atoms with Crippen LogP contribution in [-0.2, 0) is 22.7 Å². The molecular weight excluding hydrogens is 324 g/mol. The van der Waals surface area contributed by atoms with Crippen molar-refractivity contribution < 1.29 is 9.59 Å². The fraction of sp³-hybridized carbons (Fsp3) is 0.615. The van der Waals surface area contributed by atoms with Crippen molar-refractivity contribution in [1.82, 2.24) is 19.6 Å². The summed E-state index contributed by atoms with van der Waals surface area (Å²) in [7, 11) is 0. The smallest absolute Gasteiger partial charge is 0.312 e. The van der Waals surface area contributed by atoms with Crippen molar-refractivity contribution >= 4 is 27.7 Å². The van der Waals surface area contributed by atoms with Crippen LogP contribution in [0.25, 0.3) is 0 Å². The summed E-state index contributed by atoms with van der Waals surface area (Å²) in [6, 6.07) is 0. The summed E-state index contributed by atoms with van der Waals surface area (Å²) in [5.41, 5.74) is 1.84. The summed E-state index contributed by atoms with van der Waals surface area (Å²) in [6.07, 6.45) is 0. The Kier molecular flexibility index (Phi) is 4.47. The number of likely N-dealkylation sites (N-methyl/N-ethyl adjacent to an activating group) is 1. The van der Waals surface area contributed by atoms with Crippen LogP contribution in [0.3, 0.4) is 0 Å². The Hall–Kier alpha value is -1.37. The minimum Gasteiger partial charge on any atom is -0.333 e. The molecule has 1 aliphatic rings. The third-order valence-corrected chi connectivity index (χ3v) is 4.60. The molecule has 6 nitrogen and oxygen atoms in total. The molecule has 0 aromatic carbocycles. The topological polar surface area (TPSA) is 58.4 Å². The molecule has 0 N–H and O–H groups in total. The van der Waals surface area contributed by atoms with Crippen LogP contribution in [0.15, 0.2) is 4.47 Å². The van der Waals surface area contributed by atoms with E-state index in [4.69, 9.17) is 0 Å². The molecule has 0 bridgehead atoms. The number of amides is 2. The van der Waals surface area contributed by atoms with Crippen molar-refractivity contribution in [3.8, 4) is 0 Å². The predicted molar refractivity (Wildman–Crippen MR) is 78.0 cm³/mol. The van der Waals surface area contributed by atoms with Gasteiger partial charge in [0, 0.05) is 26.2 Å². The molecule has 2 heterocycles. The van der Waals surface area contributed by atoms with Crippen molar-refractivity contribution in [2.24, 2.45) is 0 Å². The van der Waals surface area contributed by atoms with Gasteiger partial charge in [-0.15, -0.1) is 0 Å². The lowest BCUT2D eigenvalue weighted by molar-refractivity contribution is -0.156. The van der Waals surface area contributed by atoms with Gasteiger partial charge in [0.05, 0.1) is 22.4 Å². The van der Waals surface area contributed by atoms with E-state index < -0.39 is 11.8 Å². The average molecular weight is 343 g/mol. The standard InChI is InChI=1S/C13H19BrN4O2/c1-4-16-6-7-17(13(20)12(16)19)8-10-11(14)9(3)15-18(10)5-2/h4-8H2,1-3H3. The van der Waals surface area contributed by atoms with Gasteiger partial charge in [-0.05, 0) is 36.7 Å². The first-order chi connectivity index (χ1) is 9.49. The van der Waals surface area contributed by atoms with Crippen LogP contribution in [0.1, 0.15) is 25.2 Å². The molecular formula is C13H19BrN4O2. The first-order valence-corrected chi connectivity index (χ1v) is 7.58. The van der Waals surface area contributed by atoms with E-state index in [9.17, 15) is 9.59 Å². The maximum atomic E-state index is 12.1. The van der Waals surface area contributed by atoms with Crippen LogP contribution in [0, 0.1) is 6.92 Å². The molecule has 0 saturated carbocycles. The minimum absolute atomic E-state index is 0.408. The van der Waals surface area contributed by atoms with Crippen LogP contribution in [-0.4, -0.2) is 51.0 Å². The summed E-state index contributed by atoms with van der Waals surface area (Å²) in [6.45, 7) is 8.69. The number of rotatable bonds is 4. The van der Waals surface area contributed by atoms with E-state index >= 15 is 0 Å². The number of carbonyl (C=O) groups is 2. The van der Waals surface area contributed by atoms with Gasteiger partial charge in [-0.1, -0.05) is 0 Å². The number of aryl methyl sites for hydroxylation is 2. The van der Waals surface area contributed by atoms with Gasteiger partial charge in [0.2, 0.25) is 0 Å². The fourth-order valence-corrected chi connectivity index (χ4v) is 2.78. The average Bonchev–Trinajstić information content (AvgIpc) is 2.71. The first-order valence-electron chi connectivity index (χ1n) is 6.79. The van der Waals surface area contributed by atoms with Gasteiger partial charge in [0.1, 0.15) is 0 Å². The van der Waals surface area contributed by atoms with Gasteiger partial charge in [-0.2, -0.15) is 5.10 Å². The van der Waals surface area contributed by atoms with E-state index in [1.165, 1.54) is 0 Å². The van der Waals surface area contributed by atoms with E-state index in [1.54, 1.807) is 9.80 Å². The van der Waals surface area contributed by atoms with Gasteiger partial charge in [-0.25, -0.2) is 0 Å². The molecule has 20 heavy (non-hydrogen) atoms. The minimum atomic E-state index is -0.425. The first kappa shape index (κ1) is 15.0. The zero-order chi connectivity index (χ0) is 14.9. The highest BCUT2D eigenvalue weighted by Gasteiger charge is 2.32. The summed E-state index contributed by atoms with van der Waals surface area (Å²) < 4.78 is 2.78. The number of aromatic nitrogens is 2. The third kappa shape index (κ3) is 2.59. The largest absolute Gasteiger partial charge is 0.333 e. The van der Waals surface area contributed by atoms with Gasteiger partial charge >= 0.3 is 11.8 Å². The summed E-state index contributed by atoms with van der Waals surface area (Å²) in [5.74, 6) is -0.833. The van der Waals surface area contributed by atoms with Crippen molar-refractivity contribution in [3.05, 3.63) is 15.9 Å². The summed E-state index contributed by atoms with van der Waals surface area (Å²) in [4.78, 5) is 27.2. The highest BCUT2D eigenvalue weighted by Crippen LogP contribution is 2.23. The second-order valence-electron chi connectivity index (χ2n) is 4.77. The maximum absolute atomic E-state index is 12.1. The Morgan fingerprint density at radius 1 is 1.10 bits per heavy atom. The number of nitrogens with zero attached hydrogens (tertiary/aromatic N) is 4. The zero-order valence-electron chi connectivity index (χ0n) is 12.0. The number of halogens is 1. The highest BCUT2D eigenvalue weighted by molar-refractivity contribution is 9.10. The Labute approximate surface area is 126 Å². The van der Waals surface area contributed by atoms with Crippen molar-refractivity contribution in [3.63, 3.8) is 0 Å². The third-order valence-electron chi connectivity index (χ3n) is 3.57. The van der Waals surface area contributed by atoms with Crippen LogP contribution in [0.4, 0.5) is 0 Å². The van der Waals surface area contributed by atoms with Crippen LogP contribution in [0.2, 0.25) is 0 Å². The van der Waals surface area contributed by atoms with Crippen molar-refractivity contribution in [1.29, 1.82) is 0 Å². The summed E-state index contributed by atoms with van der Waals surface area (Å²) in [5, 5.41) is 4.41. The van der Waals surface area contributed by atoms with E-state index in [2.05, 4.69) is 21.0 Å². The van der Waals surface area contributed by atoms with Gasteiger partial charge in [0.25, 0.3) is 0 Å². The molecule has 1 aliphatic heterocycles. The zero-order valence-corrected chi connectivity index (χ0v) is 13.6. The molecule has 2 amide bonds. The second kappa shape index (κ2) is 5.95. The molecule has 7 heteroatoms. The SMILES string of the molecule is CCN1CCN(Cc2c(Br)c(C)nn2CC)C(=O)C1=O. The monoisotopic (exact) mass is 342 g/mol. The van der Waals surface area contributed by atoms with E-state index in [-0.39, 0.29) is 0 Å². The van der Waals surface area contributed by atoms with Crippen molar-refractivity contribution in [2.75, 3.05) is 19.6 Å². The Balaban J connectivity index is 2.19. The summed E-state index contributed by atoms with van der Waals surface area (Å²) >= 11 is 3.51. The molecule has 0 aliphatic carbocycles. The molecule has 1 fully saturated rings. The molecule has 2 rings (SSSR count). The van der Waals surface area contributed by atoms with E-state index in [0.717, 1.165) is 22.4 Å². The lowest BCUT2D eigenvalue weighted by Gasteiger charge is -2.33. The number of carbonyl (C=O) groups excluding carboxylic acids is 2. The normalized spacial score (nSPS) is 16.2. The van der Waals surface area contributed by atoms with Crippen LogP contribution < -0.4 is 0 Å². The van der Waals surface area contributed by atoms with Crippen LogP contribution in [0.5, 0.6) is 0 Å². The number of hydrogen-bond acceptors (Lipinski definition) is 3. The highest BCUT2D eigenvalue weighted by atomic mass is 79.9. The van der Waals surface area contributed by atoms with Crippen LogP contribution >= 0.6 is 15.9 Å². The Morgan fingerprint density at radius 3 is 2.30 bits per heavy atom. The Morgan fingerprint density at radius 2 is 1.70 bits per heavy atom. The fourth-order valence-electron chi connectivity index (χ4n) is 2.37. The lowest BCUT2D eigenvalue weighted by Crippen LogP contribution is -2.53. The van der Waals surface area contributed by atoms with E-state index in [0.29, 0.717) is 26.2 Å². The molecule has 0 atom stereocenters. The number of hydrogen-bond donors (Lipinski definition) is 0. The van der Waals surface area contributed by atoms with Gasteiger partial charge < -0.3 is 9.80 Å². The second-order valence-corrected chi connectivity index (χ2v) is 5.57. The van der Waals surface area contributed by atoms with Gasteiger partial charge in [-0.3, -0.25) is 14.3 Å². The molecule has 1 aromatic rings. The molecule has 0 spiro atoms. The van der Waals surface area contributed by atoms with E-state index in [1.807, 2.05) is 25.5 Å². The molecule has 0 radical (unpaired) electrons. The number of piperazine rings is 1. The quantitative estimate of drug-likeness (QED) is 0.771. The van der Waals surface area contributed by atoms with Crippen molar-refractivity contribution in [2.45, 2.75) is 33.9 Å². The lowest BCUT2D eigenvalue weighted by atomic mass is 10.2. The molecule has 0 unspecified atom stereocenters. The molecule has 1 saturated heterocycles. The van der Waals surface area contributed by atoms with Gasteiger partial charge in [0.15, 0.2) is 0 Å². The predicted octanol–water partition coefficient (Wildman–Crippen LogP) is 1.16.